The highest BCUT2D eigenvalue weighted by Crippen LogP contribution is 2.19. The number of aromatic hydroxyl groups is 1. The maximum Gasteiger partial charge on any atom is 0.200 e. The first-order valence-electron chi connectivity index (χ1n) is 9.95. The van der Waals surface area contributed by atoms with Crippen LogP contribution in [0.3, 0.4) is 0 Å². The number of hydrogen-bond acceptors (Lipinski definition) is 6. The number of azo groups is 1. The van der Waals surface area contributed by atoms with Crippen molar-refractivity contribution in [3.8, 4) is 5.75 Å². The summed E-state index contributed by atoms with van der Waals surface area (Å²) in [6.45, 7) is 2.61. The lowest BCUT2D eigenvalue weighted by Crippen LogP contribution is -2.16. The predicted octanol–water partition coefficient (Wildman–Crippen LogP) is 5.14. The smallest absolute Gasteiger partial charge is 0.200 e. The SMILES string of the molecule is COOCc1ccccc1C(C)N/N=C(\N=NCc1ccccc1O)c1ccccc1. The van der Waals surface area contributed by atoms with Crippen molar-refractivity contribution in [1.29, 1.82) is 0 Å². The lowest BCUT2D eigenvalue weighted by Gasteiger charge is -2.16. The Morgan fingerprint density at radius 1 is 0.935 bits per heavy atom. The minimum absolute atomic E-state index is 0.0938. The molecule has 0 fully saturated rings. The Morgan fingerprint density at radius 2 is 1.61 bits per heavy atom. The van der Waals surface area contributed by atoms with Crippen LogP contribution in [-0.4, -0.2) is 18.1 Å². The first-order chi connectivity index (χ1) is 15.2. The standard InChI is InChI=1S/C24H26N4O3/c1-18(22-14-8-6-13-21(22)17-31-30-2)26-28-24(19-10-4-3-5-11-19)27-25-16-20-12-7-9-15-23(20)29/h3-15,18,26,29H,16-17H2,1-2H3/b27-25?,28-24-. The van der Waals surface area contributed by atoms with E-state index in [4.69, 9.17) is 9.78 Å². The van der Waals surface area contributed by atoms with E-state index in [1.807, 2.05) is 73.7 Å². The largest absolute Gasteiger partial charge is 0.508 e. The third-order valence-corrected chi connectivity index (χ3v) is 4.65. The summed E-state index contributed by atoms with van der Waals surface area (Å²) in [7, 11) is 1.49. The van der Waals surface area contributed by atoms with E-state index in [9.17, 15) is 5.11 Å². The third-order valence-electron chi connectivity index (χ3n) is 4.65. The minimum atomic E-state index is -0.0938. The molecule has 31 heavy (non-hydrogen) atoms. The molecule has 0 saturated carbocycles. The van der Waals surface area contributed by atoms with Gasteiger partial charge >= 0.3 is 0 Å². The summed E-state index contributed by atoms with van der Waals surface area (Å²) in [5, 5.41) is 23.0. The zero-order valence-corrected chi connectivity index (χ0v) is 17.6. The van der Waals surface area contributed by atoms with Crippen LogP contribution in [0.1, 0.15) is 35.2 Å². The molecule has 2 N–H and O–H groups in total. The summed E-state index contributed by atoms with van der Waals surface area (Å²) >= 11 is 0. The number of phenols is 1. The second-order valence-electron chi connectivity index (χ2n) is 6.81. The minimum Gasteiger partial charge on any atom is -0.508 e. The number of phenolic OH excluding ortho intramolecular Hbond substituents is 1. The molecule has 0 bridgehead atoms. The fourth-order valence-corrected chi connectivity index (χ4v) is 2.99. The monoisotopic (exact) mass is 418 g/mol. The maximum atomic E-state index is 9.92. The Labute approximate surface area is 182 Å². The van der Waals surface area contributed by atoms with E-state index in [-0.39, 0.29) is 18.3 Å². The van der Waals surface area contributed by atoms with Crippen molar-refractivity contribution in [3.63, 3.8) is 0 Å². The van der Waals surface area contributed by atoms with E-state index >= 15 is 0 Å². The van der Waals surface area contributed by atoms with Gasteiger partial charge in [0.15, 0.2) is 5.84 Å². The van der Waals surface area contributed by atoms with Crippen LogP contribution in [0.5, 0.6) is 5.75 Å². The Morgan fingerprint density at radius 3 is 2.35 bits per heavy atom. The molecule has 0 amide bonds. The fourth-order valence-electron chi connectivity index (χ4n) is 2.99. The molecule has 0 aliphatic carbocycles. The molecule has 3 aromatic rings. The molecule has 3 aromatic carbocycles. The van der Waals surface area contributed by atoms with Gasteiger partial charge in [0.05, 0.1) is 19.7 Å². The van der Waals surface area contributed by atoms with Gasteiger partial charge in [0.25, 0.3) is 0 Å². The zero-order chi connectivity index (χ0) is 21.9. The summed E-state index contributed by atoms with van der Waals surface area (Å²) in [4.78, 5) is 9.83. The van der Waals surface area contributed by atoms with Gasteiger partial charge < -0.3 is 10.5 Å². The molecule has 0 radical (unpaired) electrons. The quantitative estimate of drug-likeness (QED) is 0.166. The van der Waals surface area contributed by atoms with E-state index in [0.29, 0.717) is 18.0 Å². The van der Waals surface area contributed by atoms with Crippen LogP contribution in [0.15, 0.2) is 94.2 Å². The second-order valence-corrected chi connectivity index (χ2v) is 6.81. The van der Waals surface area contributed by atoms with Gasteiger partial charge in [0, 0.05) is 11.1 Å². The van der Waals surface area contributed by atoms with Crippen molar-refractivity contribution >= 4 is 5.84 Å². The average Bonchev–Trinajstić information content (AvgIpc) is 2.81. The molecule has 0 spiro atoms. The number of rotatable bonds is 9. The van der Waals surface area contributed by atoms with Crippen molar-refractivity contribution in [1.82, 2.24) is 5.43 Å². The lowest BCUT2D eigenvalue weighted by molar-refractivity contribution is -0.282. The first kappa shape index (κ1) is 22.1. The molecule has 0 heterocycles. The van der Waals surface area contributed by atoms with E-state index in [1.165, 1.54) is 7.11 Å². The molecular weight excluding hydrogens is 392 g/mol. The molecule has 0 aliphatic heterocycles. The highest BCUT2D eigenvalue weighted by Gasteiger charge is 2.11. The number of nitrogens with zero attached hydrogens (tertiary/aromatic N) is 3. The van der Waals surface area contributed by atoms with Crippen molar-refractivity contribution in [2.75, 3.05) is 7.11 Å². The number of hydrogen-bond donors (Lipinski definition) is 2. The van der Waals surface area contributed by atoms with Crippen LogP contribution < -0.4 is 5.43 Å². The molecule has 160 valence electrons. The number of para-hydroxylation sites is 1. The van der Waals surface area contributed by atoms with Gasteiger partial charge in [0.1, 0.15) is 12.4 Å². The molecule has 1 unspecified atom stereocenters. The molecule has 0 saturated heterocycles. The highest BCUT2D eigenvalue weighted by atomic mass is 17.2. The summed E-state index contributed by atoms with van der Waals surface area (Å²) in [5.41, 5.74) is 6.74. The molecule has 3 rings (SSSR count). The molecular formula is C24H26N4O3. The van der Waals surface area contributed by atoms with E-state index < -0.39 is 0 Å². The second kappa shape index (κ2) is 11.6. The Bertz CT molecular complexity index is 1020. The maximum absolute atomic E-state index is 9.92. The Kier molecular flexibility index (Phi) is 8.28. The number of amidine groups is 1. The Balaban J connectivity index is 1.78. The molecule has 7 nitrogen and oxygen atoms in total. The normalized spacial score (nSPS) is 12.8. The first-order valence-corrected chi connectivity index (χ1v) is 9.95. The van der Waals surface area contributed by atoms with Crippen LogP contribution in [-0.2, 0) is 22.9 Å². The topological polar surface area (TPSA) is 87.8 Å². The van der Waals surface area contributed by atoms with Crippen LogP contribution in [0.2, 0.25) is 0 Å². The highest BCUT2D eigenvalue weighted by molar-refractivity contribution is 5.98. The van der Waals surface area contributed by atoms with E-state index in [0.717, 1.165) is 16.7 Å². The van der Waals surface area contributed by atoms with E-state index in [2.05, 4.69) is 20.8 Å². The van der Waals surface area contributed by atoms with Crippen LogP contribution in [0.4, 0.5) is 0 Å². The molecule has 1 atom stereocenters. The van der Waals surface area contributed by atoms with Crippen molar-refractivity contribution in [2.45, 2.75) is 26.1 Å². The van der Waals surface area contributed by atoms with Crippen LogP contribution in [0.25, 0.3) is 0 Å². The number of benzene rings is 3. The molecule has 0 aromatic heterocycles. The van der Waals surface area contributed by atoms with Crippen LogP contribution >= 0.6 is 0 Å². The number of hydrazone groups is 1. The van der Waals surface area contributed by atoms with Crippen LogP contribution in [0, 0.1) is 0 Å². The van der Waals surface area contributed by atoms with Gasteiger partial charge in [-0.05, 0) is 24.1 Å². The van der Waals surface area contributed by atoms with Gasteiger partial charge in [-0.1, -0.05) is 72.8 Å². The summed E-state index contributed by atoms with van der Waals surface area (Å²) < 4.78 is 0. The van der Waals surface area contributed by atoms with Gasteiger partial charge in [-0.2, -0.15) is 10.2 Å². The van der Waals surface area contributed by atoms with Gasteiger partial charge in [0.2, 0.25) is 0 Å². The van der Waals surface area contributed by atoms with E-state index in [1.54, 1.807) is 12.1 Å². The predicted molar refractivity (Wildman–Crippen MR) is 119 cm³/mol. The zero-order valence-electron chi connectivity index (χ0n) is 17.6. The fraction of sp³-hybridized carbons (Fsp3) is 0.208. The molecule has 0 aliphatic rings. The summed E-state index contributed by atoms with van der Waals surface area (Å²) in [5.74, 6) is 0.648. The average molecular weight is 418 g/mol. The van der Waals surface area contributed by atoms with Crippen molar-refractivity contribution < 1.29 is 14.9 Å². The van der Waals surface area contributed by atoms with Crippen molar-refractivity contribution in [3.05, 3.63) is 101 Å². The summed E-state index contributed by atoms with van der Waals surface area (Å²) in [6, 6.07) is 24.5. The third kappa shape index (κ3) is 6.47. The Hall–Kier alpha value is -3.55. The van der Waals surface area contributed by atoms with Crippen molar-refractivity contribution in [2.24, 2.45) is 15.3 Å². The number of nitrogens with one attached hydrogen (secondary N) is 1. The summed E-state index contributed by atoms with van der Waals surface area (Å²) in [6.07, 6.45) is 0. The molecule has 7 heteroatoms. The van der Waals surface area contributed by atoms with Gasteiger partial charge in [-0.3, -0.25) is 0 Å². The van der Waals surface area contributed by atoms with Gasteiger partial charge in [-0.25, -0.2) is 9.78 Å². The lowest BCUT2D eigenvalue weighted by atomic mass is 10.0. The van der Waals surface area contributed by atoms with Gasteiger partial charge in [-0.15, -0.1) is 5.11 Å².